The third kappa shape index (κ3) is 17.0. The lowest BCUT2D eigenvalue weighted by atomic mass is 9.85. The number of thiazole rings is 1. The molecule has 0 spiro atoms. The van der Waals surface area contributed by atoms with Crippen LogP contribution in [0.5, 0.6) is 0 Å². The number of primary amides is 1. The molecule has 3 fully saturated rings. The van der Waals surface area contributed by atoms with E-state index in [4.69, 9.17) is 11.5 Å². The highest BCUT2D eigenvalue weighted by molar-refractivity contribution is 7.13. The molecule has 3 aromatic carbocycles. The summed E-state index contributed by atoms with van der Waals surface area (Å²) in [4.78, 5) is 118. The lowest BCUT2D eigenvalue weighted by Crippen LogP contribution is -2.60. The number of aliphatic hydroxyl groups excluding tert-OH is 1. The monoisotopic (exact) mass is 1130 g/mol. The highest BCUT2D eigenvalue weighted by Crippen LogP contribution is 2.32. The van der Waals surface area contributed by atoms with Crippen LogP contribution in [0, 0.1) is 12.3 Å². The fourth-order valence-corrected chi connectivity index (χ4v) is 12.0. The Balaban J connectivity index is 0.801. The van der Waals surface area contributed by atoms with Crippen LogP contribution in [0.25, 0.3) is 10.4 Å². The molecule has 0 aliphatic carbocycles. The van der Waals surface area contributed by atoms with Gasteiger partial charge in [0, 0.05) is 57.9 Å². The SMILES string of the molecule is Cc1ncsc1-c1ccc(CNC(=O)[C@@H]2C[C@@H](O)CN2C(=O)[C@@H](NC(=O)CCCCCCCCCC(=O)N2CC[C@H]3CC[C@@H](C(=O)N[C@@H](CCC(N)=O)C(=O)NC(c4ccccc4)c4ccccc4)N3C(=O)[C@@H](N)C2)C(C)(C)C)cc1. The predicted molar refractivity (Wildman–Crippen MR) is 309 cm³/mol. The van der Waals surface area contributed by atoms with Crippen molar-refractivity contribution in [3.8, 4) is 10.4 Å². The second kappa shape index (κ2) is 29.1. The highest BCUT2D eigenvalue weighted by Gasteiger charge is 2.46. The third-order valence-electron chi connectivity index (χ3n) is 15.7. The van der Waals surface area contributed by atoms with Gasteiger partial charge in [-0.15, -0.1) is 11.3 Å². The minimum Gasteiger partial charge on any atom is -0.391 e. The molecule has 3 aliphatic heterocycles. The molecule has 20 heteroatoms. The molecule has 0 bridgehead atoms. The van der Waals surface area contributed by atoms with Gasteiger partial charge in [0.15, 0.2) is 0 Å². The summed E-state index contributed by atoms with van der Waals surface area (Å²) < 4.78 is 0. The molecule has 8 amide bonds. The second-order valence-corrected chi connectivity index (χ2v) is 23.8. The summed E-state index contributed by atoms with van der Waals surface area (Å²) in [6, 6.07) is 21.0. The van der Waals surface area contributed by atoms with E-state index >= 15 is 0 Å². The van der Waals surface area contributed by atoms with Gasteiger partial charge in [0.05, 0.1) is 28.2 Å². The summed E-state index contributed by atoms with van der Waals surface area (Å²) in [7, 11) is 0. The summed E-state index contributed by atoms with van der Waals surface area (Å²) in [6.45, 7) is 8.20. The quantitative estimate of drug-likeness (QED) is 0.0418. The Morgan fingerprint density at radius 2 is 1.38 bits per heavy atom. The van der Waals surface area contributed by atoms with Crippen LogP contribution in [0.1, 0.15) is 146 Å². The van der Waals surface area contributed by atoms with Crippen LogP contribution in [-0.2, 0) is 44.9 Å². The second-order valence-electron chi connectivity index (χ2n) is 23.0. The third-order valence-corrected chi connectivity index (χ3v) is 16.7. The van der Waals surface area contributed by atoms with E-state index in [1.807, 2.05) is 118 Å². The number of aryl methyl sites for hydroxylation is 1. The lowest BCUT2D eigenvalue weighted by molar-refractivity contribution is -0.145. The average Bonchev–Trinajstić information content (AvgIpc) is 4.44. The van der Waals surface area contributed by atoms with E-state index in [0.717, 1.165) is 64.9 Å². The molecule has 0 radical (unpaired) electrons. The van der Waals surface area contributed by atoms with Gasteiger partial charge in [-0.2, -0.15) is 0 Å². The van der Waals surface area contributed by atoms with E-state index in [0.29, 0.717) is 45.1 Å². The van der Waals surface area contributed by atoms with Crippen molar-refractivity contribution < 1.29 is 43.5 Å². The lowest BCUT2D eigenvalue weighted by Gasteiger charge is -2.37. The molecule has 4 aromatic rings. The molecule has 0 unspecified atom stereocenters. The van der Waals surface area contributed by atoms with Crippen LogP contribution in [0.2, 0.25) is 0 Å². The van der Waals surface area contributed by atoms with Gasteiger partial charge < -0.3 is 52.5 Å². The van der Waals surface area contributed by atoms with Gasteiger partial charge in [0.1, 0.15) is 30.2 Å². The maximum Gasteiger partial charge on any atom is 0.246 e. The van der Waals surface area contributed by atoms with Gasteiger partial charge in [-0.05, 0) is 73.1 Å². The van der Waals surface area contributed by atoms with E-state index in [2.05, 4.69) is 26.3 Å². The van der Waals surface area contributed by atoms with Gasteiger partial charge in [-0.3, -0.25) is 38.4 Å². The number of likely N-dealkylation sites (tertiary alicyclic amines) is 1. The number of nitrogens with zero attached hydrogens (tertiary/aromatic N) is 4. The molecule has 7 atom stereocenters. The first-order valence-corrected chi connectivity index (χ1v) is 29.6. The number of nitrogens with two attached hydrogens (primary N) is 2. The molecule has 0 saturated carbocycles. The maximum absolute atomic E-state index is 14.1. The van der Waals surface area contributed by atoms with E-state index in [1.54, 1.807) is 16.2 Å². The molecule has 436 valence electrons. The summed E-state index contributed by atoms with van der Waals surface area (Å²) >= 11 is 1.57. The first kappa shape index (κ1) is 61.6. The van der Waals surface area contributed by atoms with E-state index < -0.39 is 77.3 Å². The van der Waals surface area contributed by atoms with Crippen LogP contribution in [0.3, 0.4) is 0 Å². The Morgan fingerprint density at radius 3 is 1.99 bits per heavy atom. The molecular weight excluding hydrogens is 1050 g/mol. The zero-order valence-electron chi connectivity index (χ0n) is 47.3. The number of hydrogen-bond acceptors (Lipinski definition) is 12. The Bertz CT molecular complexity index is 2750. The molecule has 4 heterocycles. The van der Waals surface area contributed by atoms with Crippen molar-refractivity contribution in [2.45, 2.75) is 179 Å². The molecule has 19 nitrogen and oxygen atoms in total. The van der Waals surface area contributed by atoms with E-state index in [1.165, 1.54) is 9.80 Å². The first-order valence-electron chi connectivity index (χ1n) is 28.7. The number of aliphatic hydroxyl groups is 1. The fourth-order valence-electron chi connectivity index (χ4n) is 11.2. The van der Waals surface area contributed by atoms with Gasteiger partial charge in [0.25, 0.3) is 0 Å². The fraction of sp³-hybridized carbons (Fsp3) is 0.525. The van der Waals surface area contributed by atoms with Gasteiger partial charge in [0.2, 0.25) is 47.3 Å². The highest BCUT2D eigenvalue weighted by atomic mass is 32.1. The minimum absolute atomic E-state index is 0.00445. The summed E-state index contributed by atoms with van der Waals surface area (Å²) in [6.07, 6.45) is 6.57. The molecule has 7 rings (SSSR count). The zero-order chi connectivity index (χ0) is 58.2. The number of nitrogens with one attached hydrogen (secondary N) is 4. The van der Waals surface area contributed by atoms with Crippen molar-refractivity contribution in [1.82, 2.24) is 41.0 Å². The number of fused-ring (bicyclic) bond motifs is 1. The molecule has 3 saturated heterocycles. The van der Waals surface area contributed by atoms with E-state index in [9.17, 15) is 43.5 Å². The van der Waals surface area contributed by atoms with Crippen molar-refractivity contribution in [2.75, 3.05) is 19.6 Å². The zero-order valence-corrected chi connectivity index (χ0v) is 48.1. The standard InChI is InChI=1S/C61H82N10O9S/c1-39-54(81-38-65-39)43-26-24-40(25-27-43)35-64-57(77)49-34-45(72)36-70(49)60(80)55(61(2,3)4)67-51(74)22-16-8-6-5-7-9-17-23-52(75)69-33-32-44-28-30-48(71(44)59(79)46(62)37-69)58(78)66-47(29-31-50(63)73)56(76)68-53(41-18-12-10-13-19-41)42-20-14-11-15-21-42/h10-15,18-21,24-27,38,44-49,53,55,72H,5-9,16-17,22-23,28-37,62H2,1-4H3,(H2,63,73)(H,64,77)(H,66,78)(H,67,74)(H,68,76)/t44-,45-,46+,47+,48+,49+,55-/m1/s1. The number of hydrogen-bond donors (Lipinski definition) is 7. The summed E-state index contributed by atoms with van der Waals surface area (Å²) in [5, 5.41) is 22.4. The predicted octanol–water partition coefficient (Wildman–Crippen LogP) is 5.31. The maximum atomic E-state index is 14.1. The van der Waals surface area contributed by atoms with E-state index in [-0.39, 0.29) is 69.1 Å². The van der Waals surface area contributed by atoms with Crippen molar-refractivity contribution >= 4 is 58.6 Å². The van der Waals surface area contributed by atoms with Crippen LogP contribution in [0.15, 0.2) is 90.4 Å². The number of benzene rings is 3. The Morgan fingerprint density at radius 1 is 0.753 bits per heavy atom. The Hall–Kier alpha value is -7.03. The van der Waals surface area contributed by atoms with Gasteiger partial charge in [-0.1, -0.05) is 138 Å². The van der Waals surface area contributed by atoms with Crippen LogP contribution in [0.4, 0.5) is 0 Å². The Kier molecular flexibility index (Phi) is 22.1. The number of β-amino-alcohol motifs (C(OH)–C–C–N with tert-alkyl or cyclic N) is 1. The minimum atomic E-state index is -1.12. The molecule has 1 aromatic heterocycles. The van der Waals surface area contributed by atoms with Crippen molar-refractivity contribution in [2.24, 2.45) is 16.9 Å². The molecule has 9 N–H and O–H groups in total. The number of carbonyl (C=O) groups excluding carboxylic acids is 8. The number of rotatable bonds is 25. The summed E-state index contributed by atoms with van der Waals surface area (Å²) in [5.74, 6) is -3.17. The van der Waals surface area contributed by atoms with Crippen LogP contribution < -0.4 is 32.7 Å². The van der Waals surface area contributed by atoms with Gasteiger partial charge in [-0.25, -0.2) is 4.98 Å². The topological polar surface area (TPSA) is 280 Å². The van der Waals surface area contributed by atoms with Gasteiger partial charge >= 0.3 is 0 Å². The Labute approximate surface area is 479 Å². The number of carbonyl (C=O) groups is 8. The normalized spacial score (nSPS) is 20.0. The smallest absolute Gasteiger partial charge is 0.246 e. The largest absolute Gasteiger partial charge is 0.391 e. The first-order chi connectivity index (χ1) is 38.8. The molecule has 3 aliphatic rings. The number of amides is 8. The van der Waals surface area contributed by atoms with Crippen molar-refractivity contribution in [3.05, 3.63) is 113 Å². The summed E-state index contributed by atoms with van der Waals surface area (Å²) in [5.41, 5.74) is 17.7. The van der Waals surface area contributed by atoms with Crippen LogP contribution >= 0.6 is 11.3 Å². The molecule has 81 heavy (non-hydrogen) atoms. The number of aromatic nitrogens is 1. The van der Waals surface area contributed by atoms with Crippen molar-refractivity contribution in [3.63, 3.8) is 0 Å². The molecular formula is C61H82N10O9S. The number of unbranched alkanes of at least 4 members (excludes halogenated alkanes) is 6. The average molecular weight is 1130 g/mol. The van der Waals surface area contributed by atoms with Crippen LogP contribution in [-0.4, -0.2) is 134 Å². The van der Waals surface area contributed by atoms with Crippen molar-refractivity contribution in [1.29, 1.82) is 0 Å².